The Bertz CT molecular complexity index is 447. The van der Waals surface area contributed by atoms with Crippen molar-refractivity contribution in [1.29, 1.82) is 0 Å². The maximum atomic E-state index is 10.4. The van der Waals surface area contributed by atoms with Gasteiger partial charge in [-0.05, 0) is 0 Å². The minimum atomic E-state index is -2.95. The van der Waals surface area contributed by atoms with Gasteiger partial charge < -0.3 is 8.74 Å². The van der Waals surface area contributed by atoms with E-state index < -0.39 is 38.3 Å². The normalized spacial score (nSPS) is 11.1. The molecule has 0 aliphatic rings. The zero-order chi connectivity index (χ0) is 12.3. The van der Waals surface area contributed by atoms with Crippen LogP contribution < -0.4 is 23.0 Å². The Kier molecular flexibility index (Phi) is 5.76. The van der Waals surface area contributed by atoms with E-state index in [2.05, 4.69) is 4.18 Å². The number of rotatable bonds is 4. The first kappa shape index (κ1) is 15.5. The molecule has 9 nitrogen and oxygen atoms in total. The van der Waals surface area contributed by atoms with E-state index in [1.54, 1.807) is 0 Å². The van der Waals surface area contributed by atoms with Gasteiger partial charge in [-0.2, -0.15) is 0 Å². The third-order valence-electron chi connectivity index (χ3n) is 1.46. The fourth-order valence-electron chi connectivity index (χ4n) is 0.906. The van der Waals surface area contributed by atoms with E-state index in [4.69, 9.17) is 0 Å². The molecule has 0 saturated heterocycles. The quantitative estimate of drug-likeness (QED) is 0.254. The second kappa shape index (κ2) is 6.31. The maximum Gasteiger partial charge on any atom is 1.00 e. The smallest absolute Gasteiger partial charge is 0.740 e. The van der Waals surface area contributed by atoms with E-state index in [1.807, 2.05) is 0 Å². The summed E-state index contributed by atoms with van der Waals surface area (Å²) in [5.41, 5.74) is -1.26. The summed E-state index contributed by atoms with van der Waals surface area (Å²) < 4.78 is 24.4. The molecule has 0 aliphatic carbocycles. The Balaban J connectivity index is 0.00000256. The molecule has 0 bridgehead atoms. The first-order chi connectivity index (χ1) is 7.40. The van der Waals surface area contributed by atoms with Crippen LogP contribution in [0, 0.1) is 20.2 Å². The molecule has 1 rings (SSSR count). The van der Waals surface area contributed by atoms with Gasteiger partial charge in [-0.15, -0.1) is 0 Å². The minimum absolute atomic E-state index is 0. The second-order valence-electron chi connectivity index (χ2n) is 2.49. The van der Waals surface area contributed by atoms with Crippen LogP contribution in [0.2, 0.25) is 0 Å². The number of nitro groups is 2. The fourth-order valence-corrected chi connectivity index (χ4v) is 1.16. The van der Waals surface area contributed by atoms with Crippen LogP contribution in [0.25, 0.3) is 0 Å². The topological polar surface area (TPSA) is 136 Å². The van der Waals surface area contributed by atoms with Crippen LogP contribution in [-0.2, 0) is 11.4 Å². The zero-order valence-corrected chi connectivity index (χ0v) is 9.21. The molecule has 0 radical (unpaired) electrons. The van der Waals surface area contributed by atoms with Crippen molar-refractivity contribution in [3.05, 3.63) is 38.4 Å². The van der Waals surface area contributed by atoms with E-state index in [1.165, 1.54) is 0 Å². The number of nitro benzene ring substituents is 2. The summed E-state index contributed by atoms with van der Waals surface area (Å²) in [6.07, 6.45) is 0. The molecule has 0 saturated carbocycles. The predicted octanol–water partition coefficient (Wildman–Crippen LogP) is -2.32. The van der Waals surface area contributed by atoms with Crippen molar-refractivity contribution in [2.24, 2.45) is 0 Å². The van der Waals surface area contributed by atoms with Crippen LogP contribution in [-0.4, -0.2) is 18.6 Å². The molecule has 1 aromatic carbocycles. The molecule has 0 spiro atoms. The fraction of sp³-hybridized carbons (Fsp3) is 0. The second-order valence-corrected chi connectivity index (χ2v) is 3.06. The summed E-state index contributed by atoms with van der Waals surface area (Å²) in [7, 11) is 0. The first-order valence-corrected chi connectivity index (χ1v) is 4.61. The Morgan fingerprint density at radius 2 is 1.47 bits per heavy atom. The van der Waals surface area contributed by atoms with Crippen LogP contribution >= 0.6 is 0 Å². The average Bonchev–Trinajstić information content (AvgIpc) is 2.15. The predicted molar refractivity (Wildman–Crippen MR) is 49.3 cm³/mol. The SMILES string of the molecule is O=[N+]([O-])c1cc(OS(=O)[O-])cc([N+](=O)[O-])c1.[Li+]. The number of hydrogen-bond acceptors (Lipinski definition) is 7. The van der Waals surface area contributed by atoms with Crippen LogP contribution in [0.3, 0.4) is 0 Å². The Hall–Kier alpha value is -1.47. The molecule has 0 N–H and O–H groups in total. The summed E-state index contributed by atoms with van der Waals surface area (Å²) in [5, 5.41) is 20.8. The van der Waals surface area contributed by atoms with E-state index in [0.29, 0.717) is 6.07 Å². The Morgan fingerprint density at radius 3 is 1.76 bits per heavy atom. The molecule has 0 aromatic heterocycles. The van der Waals surface area contributed by atoms with Crippen molar-refractivity contribution in [1.82, 2.24) is 0 Å². The Morgan fingerprint density at radius 1 is 1.06 bits per heavy atom. The summed E-state index contributed by atoms with van der Waals surface area (Å²) in [6, 6.07) is 2.23. The van der Waals surface area contributed by atoms with Gasteiger partial charge in [0.2, 0.25) is 0 Å². The molecule has 17 heavy (non-hydrogen) atoms. The van der Waals surface area contributed by atoms with Crippen molar-refractivity contribution >= 4 is 22.7 Å². The number of nitrogens with zero attached hydrogens (tertiary/aromatic N) is 2. The van der Waals surface area contributed by atoms with Crippen molar-refractivity contribution in [2.45, 2.75) is 0 Å². The van der Waals surface area contributed by atoms with Gasteiger partial charge >= 0.3 is 18.9 Å². The summed E-state index contributed by atoms with van der Waals surface area (Å²) in [4.78, 5) is 19.0. The molecule has 1 atom stereocenters. The largest absolute Gasteiger partial charge is 1.00 e. The van der Waals surface area contributed by atoms with Crippen LogP contribution in [0.5, 0.6) is 5.75 Å². The van der Waals surface area contributed by atoms with Crippen LogP contribution in [0.4, 0.5) is 11.4 Å². The number of benzene rings is 1. The van der Waals surface area contributed by atoms with Gasteiger partial charge in [0.15, 0.2) is 5.75 Å². The van der Waals surface area contributed by atoms with Gasteiger partial charge in [0.25, 0.3) is 11.4 Å². The van der Waals surface area contributed by atoms with E-state index in [9.17, 15) is 29.0 Å². The standard InChI is InChI=1S/C6H4N2O7S.Li/c9-7(10)4-1-5(8(11)12)3-6(2-4)15-16(13)14;/h1-3H,(H,13,14);/q;+1/p-1. The molecule has 0 aliphatic heterocycles. The van der Waals surface area contributed by atoms with Gasteiger partial charge in [0.05, 0.1) is 28.0 Å². The summed E-state index contributed by atoms with van der Waals surface area (Å²) in [6.45, 7) is 0. The molecule has 1 unspecified atom stereocenters. The van der Waals surface area contributed by atoms with Crippen LogP contribution in [0.15, 0.2) is 18.2 Å². The Labute approximate surface area is 109 Å². The van der Waals surface area contributed by atoms with Gasteiger partial charge in [0.1, 0.15) is 11.4 Å². The summed E-state index contributed by atoms with van der Waals surface area (Å²) >= 11 is -2.95. The minimum Gasteiger partial charge on any atom is -0.740 e. The zero-order valence-electron chi connectivity index (χ0n) is 8.39. The van der Waals surface area contributed by atoms with Crippen molar-refractivity contribution in [2.75, 3.05) is 0 Å². The molecule has 86 valence electrons. The van der Waals surface area contributed by atoms with Gasteiger partial charge in [-0.25, -0.2) is 4.21 Å². The van der Waals surface area contributed by atoms with Gasteiger partial charge in [0, 0.05) is 0 Å². The molecule has 0 heterocycles. The van der Waals surface area contributed by atoms with Crippen molar-refractivity contribution in [3.63, 3.8) is 0 Å². The van der Waals surface area contributed by atoms with Crippen molar-refractivity contribution < 1.29 is 41.7 Å². The van der Waals surface area contributed by atoms with E-state index >= 15 is 0 Å². The van der Waals surface area contributed by atoms with E-state index in [-0.39, 0.29) is 18.9 Å². The molecule has 11 heteroatoms. The molecular formula is C6H3LiN2O7S. The molecule has 1 aromatic rings. The van der Waals surface area contributed by atoms with Gasteiger partial charge in [-0.1, -0.05) is 0 Å². The van der Waals surface area contributed by atoms with Gasteiger partial charge in [-0.3, -0.25) is 20.2 Å². The molecule has 0 amide bonds. The number of hydrogen-bond donors (Lipinski definition) is 0. The molecular weight excluding hydrogens is 251 g/mol. The third kappa shape index (κ3) is 4.49. The van der Waals surface area contributed by atoms with E-state index in [0.717, 1.165) is 12.1 Å². The summed E-state index contributed by atoms with van der Waals surface area (Å²) in [5.74, 6) is -0.491. The van der Waals surface area contributed by atoms with Crippen molar-refractivity contribution in [3.8, 4) is 5.75 Å². The molecule has 0 fully saturated rings. The third-order valence-corrected chi connectivity index (χ3v) is 1.79. The first-order valence-electron chi connectivity index (χ1n) is 3.61. The number of non-ortho nitro benzene ring substituents is 2. The monoisotopic (exact) mass is 254 g/mol. The maximum absolute atomic E-state index is 10.4. The average molecular weight is 254 g/mol. The van der Waals surface area contributed by atoms with Crippen LogP contribution in [0.1, 0.15) is 0 Å².